The molecule has 1 aromatic heterocycles. The molecule has 20 heavy (non-hydrogen) atoms. The van der Waals surface area contributed by atoms with Gasteiger partial charge in [-0.1, -0.05) is 24.3 Å². The molecular formula is C16H11N3S. The molecule has 0 saturated carbocycles. The van der Waals surface area contributed by atoms with Gasteiger partial charge in [0, 0.05) is 10.6 Å². The van der Waals surface area contributed by atoms with Crippen LogP contribution < -0.4 is 0 Å². The molecule has 0 spiro atoms. The van der Waals surface area contributed by atoms with E-state index in [1.165, 1.54) is 10.5 Å². The van der Waals surface area contributed by atoms with Crippen LogP contribution in [-0.2, 0) is 0 Å². The summed E-state index contributed by atoms with van der Waals surface area (Å²) in [4.78, 5) is 9.38. The fourth-order valence-electron chi connectivity index (χ4n) is 2.70. The molecule has 1 atom stereocenters. The molecule has 0 bridgehead atoms. The summed E-state index contributed by atoms with van der Waals surface area (Å²) >= 11 is 1.87. The molecule has 1 unspecified atom stereocenters. The molecule has 2 aromatic carbocycles. The molecule has 1 aliphatic rings. The third-order valence-electron chi connectivity index (χ3n) is 3.68. The van der Waals surface area contributed by atoms with Crippen LogP contribution in [0.2, 0.25) is 0 Å². The predicted molar refractivity (Wildman–Crippen MR) is 79.8 cm³/mol. The van der Waals surface area contributed by atoms with Crippen molar-refractivity contribution in [3.8, 4) is 6.07 Å². The Bertz CT molecular complexity index is 844. The molecule has 1 aliphatic heterocycles. The number of benzene rings is 2. The van der Waals surface area contributed by atoms with E-state index < -0.39 is 0 Å². The summed E-state index contributed by atoms with van der Waals surface area (Å²) < 4.78 is 0. The number of hydrogen-bond acceptors (Lipinski definition) is 3. The first-order valence-electron chi connectivity index (χ1n) is 6.47. The highest BCUT2D eigenvalue weighted by atomic mass is 32.2. The average molecular weight is 277 g/mol. The lowest BCUT2D eigenvalue weighted by molar-refractivity contribution is 0.858. The van der Waals surface area contributed by atoms with Crippen molar-refractivity contribution in [1.82, 2.24) is 9.97 Å². The summed E-state index contributed by atoms with van der Waals surface area (Å²) in [7, 11) is 0. The molecular weight excluding hydrogens is 266 g/mol. The van der Waals surface area contributed by atoms with Crippen LogP contribution in [0.1, 0.15) is 22.9 Å². The SMILES string of the molecule is N#Cc1cccc2[nH]c(C3CSc4ccccc43)nc12. The predicted octanol–water partition coefficient (Wildman–Crippen LogP) is 3.67. The molecule has 4 rings (SSSR count). The molecule has 0 aliphatic carbocycles. The number of nitrogens with zero attached hydrogens (tertiary/aromatic N) is 2. The second kappa shape index (κ2) is 4.39. The van der Waals surface area contributed by atoms with E-state index in [2.05, 4.69) is 40.3 Å². The van der Waals surface area contributed by atoms with Crippen LogP contribution in [-0.4, -0.2) is 15.7 Å². The zero-order chi connectivity index (χ0) is 13.5. The molecule has 0 saturated heterocycles. The van der Waals surface area contributed by atoms with E-state index in [1.807, 2.05) is 30.0 Å². The first-order chi connectivity index (χ1) is 9.86. The Morgan fingerprint density at radius 3 is 3.00 bits per heavy atom. The lowest BCUT2D eigenvalue weighted by Gasteiger charge is -2.06. The summed E-state index contributed by atoms with van der Waals surface area (Å²) in [6.07, 6.45) is 0. The van der Waals surface area contributed by atoms with Crippen molar-refractivity contribution < 1.29 is 0 Å². The van der Waals surface area contributed by atoms with E-state index in [0.29, 0.717) is 5.56 Å². The summed E-state index contributed by atoms with van der Waals surface area (Å²) in [5.41, 5.74) is 3.67. The van der Waals surface area contributed by atoms with E-state index in [4.69, 9.17) is 5.26 Å². The molecule has 3 nitrogen and oxygen atoms in total. The molecule has 2 heterocycles. The summed E-state index contributed by atoms with van der Waals surface area (Å²) in [5, 5.41) is 9.16. The highest BCUT2D eigenvalue weighted by Crippen LogP contribution is 2.42. The Hall–Kier alpha value is -2.25. The lowest BCUT2D eigenvalue weighted by Crippen LogP contribution is -2.01. The van der Waals surface area contributed by atoms with Crippen molar-refractivity contribution in [1.29, 1.82) is 5.26 Å². The number of thioether (sulfide) groups is 1. The van der Waals surface area contributed by atoms with Gasteiger partial charge in [0.2, 0.25) is 0 Å². The monoisotopic (exact) mass is 277 g/mol. The third kappa shape index (κ3) is 1.64. The Labute approximate surface area is 120 Å². The Morgan fingerprint density at radius 2 is 2.10 bits per heavy atom. The van der Waals surface area contributed by atoms with Crippen LogP contribution in [0.3, 0.4) is 0 Å². The van der Waals surface area contributed by atoms with E-state index in [1.54, 1.807) is 0 Å². The number of nitrogens with one attached hydrogen (secondary N) is 1. The van der Waals surface area contributed by atoms with Crippen LogP contribution in [0.5, 0.6) is 0 Å². The normalized spacial score (nSPS) is 17.1. The van der Waals surface area contributed by atoms with Gasteiger partial charge in [-0.05, 0) is 23.8 Å². The van der Waals surface area contributed by atoms with Crippen LogP contribution >= 0.6 is 11.8 Å². The fraction of sp³-hybridized carbons (Fsp3) is 0.125. The minimum atomic E-state index is 0.287. The van der Waals surface area contributed by atoms with Crippen molar-refractivity contribution >= 4 is 22.8 Å². The maximum absolute atomic E-state index is 9.16. The highest BCUT2D eigenvalue weighted by Gasteiger charge is 2.27. The van der Waals surface area contributed by atoms with Gasteiger partial charge in [-0.3, -0.25) is 0 Å². The minimum Gasteiger partial charge on any atom is -0.341 e. The first-order valence-corrected chi connectivity index (χ1v) is 7.46. The molecule has 3 aromatic rings. The smallest absolute Gasteiger partial charge is 0.115 e. The summed E-state index contributed by atoms with van der Waals surface area (Å²) in [6.45, 7) is 0. The number of imidazole rings is 1. The van der Waals surface area contributed by atoms with Gasteiger partial charge in [-0.25, -0.2) is 4.98 Å². The molecule has 1 N–H and O–H groups in total. The van der Waals surface area contributed by atoms with Gasteiger partial charge >= 0.3 is 0 Å². The summed E-state index contributed by atoms with van der Waals surface area (Å²) in [6, 6.07) is 16.3. The quantitative estimate of drug-likeness (QED) is 0.738. The van der Waals surface area contributed by atoms with Gasteiger partial charge in [0.15, 0.2) is 0 Å². The summed E-state index contributed by atoms with van der Waals surface area (Å²) in [5.74, 6) is 2.25. The number of aromatic amines is 1. The van der Waals surface area contributed by atoms with Crippen molar-refractivity contribution in [2.75, 3.05) is 5.75 Å². The maximum atomic E-state index is 9.16. The Morgan fingerprint density at radius 1 is 1.20 bits per heavy atom. The molecule has 0 amide bonds. The highest BCUT2D eigenvalue weighted by molar-refractivity contribution is 7.99. The van der Waals surface area contributed by atoms with Crippen LogP contribution in [0.25, 0.3) is 11.0 Å². The van der Waals surface area contributed by atoms with Crippen molar-refractivity contribution in [2.24, 2.45) is 0 Å². The van der Waals surface area contributed by atoms with E-state index >= 15 is 0 Å². The standard InChI is InChI=1S/C16H11N3S/c17-8-10-4-3-6-13-15(10)19-16(18-13)12-9-20-14-7-2-1-5-11(12)14/h1-7,12H,9H2,(H,18,19). The lowest BCUT2D eigenvalue weighted by atomic mass is 10.0. The van der Waals surface area contributed by atoms with E-state index in [0.717, 1.165) is 22.6 Å². The van der Waals surface area contributed by atoms with Crippen molar-refractivity contribution in [2.45, 2.75) is 10.8 Å². The number of nitriles is 1. The molecule has 96 valence electrons. The average Bonchev–Trinajstić information content (AvgIpc) is 3.10. The van der Waals surface area contributed by atoms with Crippen molar-refractivity contribution in [3.63, 3.8) is 0 Å². The zero-order valence-electron chi connectivity index (χ0n) is 10.6. The van der Waals surface area contributed by atoms with Gasteiger partial charge in [-0.2, -0.15) is 5.26 Å². The number of hydrogen-bond donors (Lipinski definition) is 1. The second-order valence-electron chi connectivity index (χ2n) is 4.84. The Balaban J connectivity index is 1.87. The fourth-order valence-corrected chi connectivity index (χ4v) is 3.93. The van der Waals surface area contributed by atoms with Crippen LogP contribution in [0.15, 0.2) is 47.4 Å². The van der Waals surface area contributed by atoms with Gasteiger partial charge in [-0.15, -0.1) is 11.8 Å². The number of aromatic nitrogens is 2. The van der Waals surface area contributed by atoms with Gasteiger partial charge in [0.05, 0.1) is 17.0 Å². The van der Waals surface area contributed by atoms with Gasteiger partial charge in [0.1, 0.15) is 17.4 Å². The maximum Gasteiger partial charge on any atom is 0.115 e. The molecule has 4 heteroatoms. The van der Waals surface area contributed by atoms with Gasteiger partial charge < -0.3 is 4.98 Å². The minimum absolute atomic E-state index is 0.287. The topological polar surface area (TPSA) is 52.5 Å². The second-order valence-corrected chi connectivity index (χ2v) is 5.90. The number of rotatable bonds is 1. The molecule has 0 radical (unpaired) electrons. The Kier molecular flexibility index (Phi) is 2.54. The first kappa shape index (κ1) is 11.6. The van der Waals surface area contributed by atoms with Crippen LogP contribution in [0, 0.1) is 11.3 Å². The van der Waals surface area contributed by atoms with Crippen LogP contribution in [0.4, 0.5) is 0 Å². The van der Waals surface area contributed by atoms with E-state index in [9.17, 15) is 0 Å². The number of fused-ring (bicyclic) bond motifs is 2. The number of H-pyrrole nitrogens is 1. The largest absolute Gasteiger partial charge is 0.341 e. The van der Waals surface area contributed by atoms with Crippen molar-refractivity contribution in [3.05, 3.63) is 59.4 Å². The number of para-hydroxylation sites is 1. The third-order valence-corrected chi connectivity index (χ3v) is 4.86. The zero-order valence-corrected chi connectivity index (χ0v) is 11.4. The molecule has 0 fully saturated rings. The van der Waals surface area contributed by atoms with E-state index in [-0.39, 0.29) is 5.92 Å². The van der Waals surface area contributed by atoms with Gasteiger partial charge in [0.25, 0.3) is 0 Å².